The average Bonchev–Trinajstić information content (AvgIpc) is 1.73. The van der Waals surface area contributed by atoms with Crippen molar-refractivity contribution < 1.29 is 46.2 Å². The summed E-state index contributed by atoms with van der Waals surface area (Å²) in [6.45, 7) is 36.7. The zero-order valence-corrected chi connectivity index (χ0v) is 71.7. The maximum Gasteiger partial charge on any atom is 0.350 e. The third-order valence-corrected chi connectivity index (χ3v) is 28.6. The molecule has 6 fully saturated rings. The molecule has 0 aliphatic carbocycles. The van der Waals surface area contributed by atoms with Gasteiger partial charge in [-0.1, -0.05) is 55.6 Å². The third kappa shape index (κ3) is 17.2. The number of carbonyl (C=O) groups is 3. The van der Waals surface area contributed by atoms with Gasteiger partial charge in [0.2, 0.25) is 17.7 Å². The number of hydrogen-bond acceptors (Lipinski definition) is 21. The quantitative estimate of drug-likeness (QED) is 0.0632. The lowest BCUT2D eigenvalue weighted by Gasteiger charge is -2.44. The smallest absolute Gasteiger partial charge is 0.350 e. The summed E-state index contributed by atoms with van der Waals surface area (Å²) in [6.07, 6.45) is 4.01. The first-order chi connectivity index (χ1) is 58.5. The largest absolute Gasteiger partial charge is 0.379 e. The Bertz CT molecular complexity index is 5720. The molecular weight excluding hydrogens is 1630 g/mol. The molecular formula is C89H98ClF4N15O9S3. The third-order valence-electron chi connectivity index (χ3n) is 24.6. The molecule has 3 aromatic heterocycles. The average molecular weight is 1730 g/mol. The van der Waals surface area contributed by atoms with Crippen LogP contribution in [0.5, 0.6) is 0 Å². The summed E-state index contributed by atoms with van der Waals surface area (Å²) >= 11 is 11.2. The summed E-state index contributed by atoms with van der Waals surface area (Å²) in [5.41, 5.74) is 9.10. The van der Waals surface area contributed by atoms with Crippen LogP contribution in [0.2, 0.25) is 5.02 Å². The first-order valence-corrected chi connectivity index (χ1v) is 44.6. The van der Waals surface area contributed by atoms with Crippen LogP contribution in [-0.2, 0) is 48.2 Å². The molecule has 0 radical (unpaired) electrons. The number of rotatable bonds is 12. The zero-order chi connectivity index (χ0) is 84.8. The molecule has 0 N–H and O–H groups in total. The lowest BCUT2D eigenvalue weighted by molar-refractivity contribution is -0.130. The number of halogens is 5. The molecule has 32 heteroatoms. The second kappa shape index (κ2) is 36.6. The van der Waals surface area contributed by atoms with Crippen molar-refractivity contribution in [3.05, 3.63) is 193 Å². The summed E-state index contributed by atoms with van der Waals surface area (Å²) < 4.78 is 79.3. The Morgan fingerprint density at radius 1 is 0.430 bits per heavy atom. The highest BCUT2D eigenvalue weighted by Gasteiger charge is 2.39. The number of morpholine rings is 3. The van der Waals surface area contributed by atoms with E-state index in [0.717, 1.165) is 138 Å². The Labute approximate surface area is 716 Å². The van der Waals surface area contributed by atoms with Gasteiger partial charge in [-0.2, -0.15) is 15.0 Å². The second-order valence-electron chi connectivity index (χ2n) is 32.1. The SMILES string of the molecule is C=CC(=O)N1CCN(c2nc(=O)n3c4c(c(-c5cc(Cl)c(F)cc5F)c(C)cc24)SCC(N2CCOCC2)C3)CC1.C=CC(=O)N1CCN(c2nc(=O)n3c4c(c(-c5ccc(F)cc5)c(C)cc24)SCC(N2CCOCC2)C3)CC1.C=CC(=O)N1[C@H](C)CN(c2nc(=O)n3c4c(c(-c5ccc(F)cc5)c(C)cc24)SCC(N2CCOCC2)C3)C[C@@H]1C. The predicted octanol–water partition coefficient (Wildman–Crippen LogP) is 11.0. The van der Waals surface area contributed by atoms with Crippen LogP contribution in [0.1, 0.15) is 30.5 Å². The molecule has 3 amide bonds. The van der Waals surface area contributed by atoms with Crippen molar-refractivity contribution in [2.24, 2.45) is 0 Å². The Kier molecular flexibility index (Phi) is 25.7. The maximum absolute atomic E-state index is 15.3. The molecule has 6 saturated heterocycles. The van der Waals surface area contributed by atoms with Crippen molar-refractivity contribution in [2.45, 2.75) is 99.1 Å². The number of aromatic nitrogens is 6. The Hall–Kier alpha value is -9.41. The number of thioether (sulfide) groups is 3. The molecule has 6 aromatic carbocycles. The van der Waals surface area contributed by atoms with E-state index in [1.807, 2.05) is 70.0 Å². The lowest BCUT2D eigenvalue weighted by Crippen LogP contribution is -2.58. The van der Waals surface area contributed by atoms with Crippen LogP contribution < -0.4 is 31.8 Å². The molecule has 121 heavy (non-hydrogen) atoms. The maximum atomic E-state index is 15.3. The molecule has 12 heterocycles. The molecule has 0 saturated carbocycles. The standard InChI is InChI=1S/C31H36FN5O3S.C29H30ClF2N5O3S.C29H32FN5O3S/c1-5-26(38)37-20(3)15-35(16-21(37)4)30-25-14-19(2)27(22-6-8-23(32)9-7-22)29-28(25)36(31(39)33-30)17-24(18-41-29)34-10-12-40-13-11-34;1-3-24(38)35-4-6-36(7-5-35)28-20-12-17(2)25(19-13-21(30)23(32)14-22(19)31)27-26(20)37(29(39)33-28)15-18(16-41-27)34-8-10-40-11-9-34;1-3-24(36)33-8-10-34(11-9-33)28-23-16-19(2)25(20-4-6-21(30)7-5-20)27-26(23)35(29(37)31-28)17-22(18-39-27)32-12-14-38-15-13-32/h5-9,14,20-21,24H,1,10-13,15-18H2,2-4H3;3,12-14,18H,1,4-11,15-16H2,2H3;3-7,16,22H,1,8-15,17-18H2,2H3/t20-,21+,24?;;. The van der Waals surface area contributed by atoms with Crippen molar-refractivity contribution in [3.63, 3.8) is 0 Å². The van der Waals surface area contributed by atoms with E-state index >= 15 is 4.39 Å². The molecule has 9 aliphatic heterocycles. The van der Waals surface area contributed by atoms with E-state index in [1.54, 1.807) is 49.7 Å². The Morgan fingerprint density at radius 2 is 0.760 bits per heavy atom. The number of ether oxygens (including phenoxy) is 3. The highest BCUT2D eigenvalue weighted by atomic mass is 35.5. The first kappa shape index (κ1) is 85.2. The highest BCUT2D eigenvalue weighted by Crippen LogP contribution is 2.49. The van der Waals surface area contributed by atoms with Gasteiger partial charge in [0.05, 0.1) is 61.2 Å². The van der Waals surface area contributed by atoms with Crippen molar-refractivity contribution >= 4 is 115 Å². The van der Waals surface area contributed by atoms with E-state index in [1.165, 1.54) is 48.6 Å². The lowest BCUT2D eigenvalue weighted by atomic mass is 9.97. The Balaban J connectivity index is 0.000000135. The normalized spacial score (nSPS) is 21.2. The summed E-state index contributed by atoms with van der Waals surface area (Å²) in [5, 5.41) is 2.48. The van der Waals surface area contributed by atoms with Gasteiger partial charge in [-0.05, 0) is 129 Å². The van der Waals surface area contributed by atoms with E-state index in [9.17, 15) is 41.9 Å². The minimum Gasteiger partial charge on any atom is -0.379 e. The zero-order valence-electron chi connectivity index (χ0n) is 68.5. The van der Waals surface area contributed by atoms with Crippen LogP contribution in [0.25, 0.3) is 66.1 Å². The van der Waals surface area contributed by atoms with Crippen LogP contribution in [0.3, 0.4) is 0 Å². The van der Waals surface area contributed by atoms with Crippen LogP contribution >= 0.6 is 46.9 Å². The van der Waals surface area contributed by atoms with E-state index in [0.29, 0.717) is 159 Å². The number of aryl methyl sites for hydroxylation is 3. The number of nitrogens with zero attached hydrogens (tertiary/aromatic N) is 15. The summed E-state index contributed by atoms with van der Waals surface area (Å²) in [4.78, 5) is 114. The van der Waals surface area contributed by atoms with Crippen molar-refractivity contribution in [2.75, 3.05) is 176 Å². The van der Waals surface area contributed by atoms with Crippen LogP contribution in [0, 0.1) is 44.0 Å². The number of piperazine rings is 3. The van der Waals surface area contributed by atoms with E-state index in [-0.39, 0.29) is 87.2 Å². The van der Waals surface area contributed by atoms with Crippen LogP contribution in [0.15, 0.2) is 146 Å². The number of benzene rings is 6. The summed E-state index contributed by atoms with van der Waals surface area (Å²) in [6, 6.07) is 21.7. The molecule has 0 spiro atoms. The monoisotopic (exact) mass is 1730 g/mol. The van der Waals surface area contributed by atoms with Gasteiger partial charge in [-0.15, -0.1) is 35.3 Å². The minimum atomic E-state index is -0.824. The molecule has 9 aromatic rings. The van der Waals surface area contributed by atoms with Gasteiger partial charge in [0, 0.05) is 231 Å². The first-order valence-electron chi connectivity index (χ1n) is 41.2. The van der Waals surface area contributed by atoms with Gasteiger partial charge < -0.3 is 43.6 Å². The molecule has 5 atom stereocenters. The second-order valence-corrected chi connectivity index (χ2v) is 35.6. The van der Waals surface area contributed by atoms with Gasteiger partial charge in [0.15, 0.2) is 0 Å². The predicted molar refractivity (Wildman–Crippen MR) is 470 cm³/mol. The number of amides is 3. The Morgan fingerprint density at radius 3 is 1.11 bits per heavy atom. The molecule has 0 bridgehead atoms. The van der Waals surface area contributed by atoms with Crippen LogP contribution in [0.4, 0.5) is 35.0 Å². The number of hydrogen-bond donors (Lipinski definition) is 0. The number of carbonyl (C=O) groups excluding carboxylic acids is 3. The fourth-order valence-electron chi connectivity index (χ4n) is 18.6. The van der Waals surface area contributed by atoms with Crippen molar-refractivity contribution in [1.29, 1.82) is 0 Å². The highest BCUT2D eigenvalue weighted by molar-refractivity contribution is 8.00. The number of anilines is 3. The molecule has 24 nitrogen and oxygen atoms in total. The molecule has 9 aliphatic rings. The minimum absolute atomic E-state index is 0.0353. The van der Waals surface area contributed by atoms with E-state index in [2.05, 4.69) is 80.2 Å². The van der Waals surface area contributed by atoms with Crippen molar-refractivity contribution in [3.8, 4) is 33.4 Å². The van der Waals surface area contributed by atoms with Gasteiger partial charge in [0.25, 0.3) is 0 Å². The summed E-state index contributed by atoms with van der Waals surface area (Å²) in [7, 11) is 0. The van der Waals surface area contributed by atoms with Gasteiger partial charge >= 0.3 is 17.1 Å². The topological polar surface area (TPSA) is 213 Å². The fourth-order valence-corrected chi connectivity index (χ4v) is 23.1. The van der Waals surface area contributed by atoms with Crippen LogP contribution in [-0.4, -0.2) is 268 Å². The van der Waals surface area contributed by atoms with Crippen molar-refractivity contribution in [1.82, 2.24) is 58.1 Å². The molecule has 18 rings (SSSR count). The van der Waals surface area contributed by atoms with E-state index in [4.69, 9.17) is 30.8 Å². The fraction of sp³-hybridized carbons (Fsp3) is 0.427. The van der Waals surface area contributed by atoms with Gasteiger partial charge in [-0.3, -0.25) is 42.8 Å². The van der Waals surface area contributed by atoms with Gasteiger partial charge in [0.1, 0.15) is 40.7 Å². The molecule has 3 unspecified atom stereocenters. The van der Waals surface area contributed by atoms with Gasteiger partial charge in [-0.25, -0.2) is 31.9 Å². The van der Waals surface area contributed by atoms with E-state index < -0.39 is 11.6 Å². The molecule has 636 valence electrons. The summed E-state index contributed by atoms with van der Waals surface area (Å²) in [5.74, 6) is 1.79.